The molecule has 17 heavy (non-hydrogen) atoms. The average molecular weight is 235 g/mol. The maximum Gasteiger partial charge on any atom is 0.290 e. The van der Waals surface area contributed by atoms with E-state index in [9.17, 15) is 10.1 Å². The van der Waals surface area contributed by atoms with E-state index in [2.05, 4.69) is 10.3 Å². The Hall–Kier alpha value is -1.65. The quantitative estimate of drug-likeness (QED) is 0.467. The molecule has 1 saturated carbocycles. The van der Waals surface area contributed by atoms with Crippen molar-refractivity contribution in [2.75, 3.05) is 11.9 Å². The summed E-state index contributed by atoms with van der Waals surface area (Å²) in [5.41, 5.74) is 0.725. The van der Waals surface area contributed by atoms with Crippen molar-refractivity contribution in [1.29, 1.82) is 0 Å². The molecule has 1 aromatic rings. The molecule has 1 aliphatic carbocycles. The third kappa shape index (κ3) is 3.41. The molecule has 0 atom stereocenters. The number of pyridine rings is 1. The van der Waals surface area contributed by atoms with Crippen molar-refractivity contribution in [3.05, 3.63) is 27.9 Å². The molecule has 0 bridgehead atoms. The number of rotatable bonds is 6. The van der Waals surface area contributed by atoms with Crippen molar-refractivity contribution in [2.45, 2.75) is 32.6 Å². The summed E-state index contributed by atoms with van der Waals surface area (Å²) in [7, 11) is 0. The summed E-state index contributed by atoms with van der Waals surface area (Å²) in [4.78, 5) is 14.3. The lowest BCUT2D eigenvalue weighted by atomic mass is 10.2. The van der Waals surface area contributed by atoms with Crippen LogP contribution in [0.5, 0.6) is 0 Å². The summed E-state index contributed by atoms with van der Waals surface area (Å²) >= 11 is 0. The zero-order valence-electron chi connectivity index (χ0n) is 9.98. The SMILES string of the molecule is Cc1cc(NCCCC2CC2)ncc1[N+](=O)[O-]. The normalized spacial score (nSPS) is 14.6. The van der Waals surface area contributed by atoms with Gasteiger partial charge in [0.2, 0.25) is 0 Å². The molecule has 1 aromatic heterocycles. The van der Waals surface area contributed by atoms with Gasteiger partial charge in [-0.05, 0) is 31.7 Å². The first-order valence-corrected chi connectivity index (χ1v) is 6.01. The average Bonchev–Trinajstić information content (AvgIpc) is 3.08. The maximum atomic E-state index is 10.6. The molecule has 1 N–H and O–H groups in total. The molecular formula is C12H17N3O2. The number of nitrogens with zero attached hydrogens (tertiary/aromatic N) is 2. The highest BCUT2D eigenvalue weighted by atomic mass is 16.6. The van der Waals surface area contributed by atoms with Crippen LogP contribution in [-0.4, -0.2) is 16.5 Å². The van der Waals surface area contributed by atoms with E-state index in [1.54, 1.807) is 13.0 Å². The van der Waals surface area contributed by atoms with Gasteiger partial charge in [0, 0.05) is 12.1 Å². The van der Waals surface area contributed by atoms with E-state index in [0.29, 0.717) is 5.56 Å². The Bertz CT molecular complexity index is 416. The van der Waals surface area contributed by atoms with Crippen LogP contribution in [0.25, 0.3) is 0 Å². The van der Waals surface area contributed by atoms with Crippen LogP contribution in [0.3, 0.4) is 0 Å². The molecule has 0 spiro atoms. The Morgan fingerprint density at radius 2 is 2.35 bits per heavy atom. The number of nitrogens with one attached hydrogen (secondary N) is 1. The number of hydrogen-bond acceptors (Lipinski definition) is 4. The van der Waals surface area contributed by atoms with Crippen molar-refractivity contribution in [1.82, 2.24) is 4.98 Å². The fourth-order valence-corrected chi connectivity index (χ4v) is 1.85. The van der Waals surface area contributed by atoms with E-state index in [1.165, 1.54) is 25.5 Å². The zero-order valence-corrected chi connectivity index (χ0v) is 9.98. The lowest BCUT2D eigenvalue weighted by molar-refractivity contribution is -0.385. The summed E-state index contributed by atoms with van der Waals surface area (Å²) in [6, 6.07) is 1.73. The van der Waals surface area contributed by atoms with Crippen molar-refractivity contribution in [3.8, 4) is 0 Å². The van der Waals surface area contributed by atoms with Gasteiger partial charge < -0.3 is 5.32 Å². The minimum Gasteiger partial charge on any atom is -0.370 e. The van der Waals surface area contributed by atoms with Crippen molar-refractivity contribution >= 4 is 11.5 Å². The fraction of sp³-hybridized carbons (Fsp3) is 0.583. The van der Waals surface area contributed by atoms with Gasteiger partial charge in [-0.25, -0.2) is 4.98 Å². The standard InChI is InChI=1S/C12H17N3O2/c1-9-7-12(14-8-11(9)15(16)17)13-6-2-3-10-4-5-10/h7-8,10H,2-6H2,1H3,(H,13,14). The van der Waals surface area contributed by atoms with Gasteiger partial charge in [-0.15, -0.1) is 0 Å². The monoisotopic (exact) mass is 235 g/mol. The van der Waals surface area contributed by atoms with Gasteiger partial charge in [-0.3, -0.25) is 10.1 Å². The molecule has 92 valence electrons. The molecule has 0 aromatic carbocycles. The van der Waals surface area contributed by atoms with Crippen LogP contribution >= 0.6 is 0 Å². The Kier molecular flexibility index (Phi) is 3.56. The smallest absolute Gasteiger partial charge is 0.290 e. The third-order valence-corrected chi connectivity index (χ3v) is 3.07. The Labute approximate surface area is 100 Å². The van der Waals surface area contributed by atoms with Gasteiger partial charge in [0.1, 0.15) is 12.0 Å². The number of aryl methyl sites for hydroxylation is 1. The minimum absolute atomic E-state index is 0.0773. The van der Waals surface area contributed by atoms with Gasteiger partial charge in [0.15, 0.2) is 0 Å². The van der Waals surface area contributed by atoms with E-state index in [1.807, 2.05) is 0 Å². The van der Waals surface area contributed by atoms with Crippen LogP contribution < -0.4 is 5.32 Å². The highest BCUT2D eigenvalue weighted by molar-refractivity contribution is 5.46. The second-order valence-corrected chi connectivity index (χ2v) is 4.63. The Morgan fingerprint density at radius 3 is 2.94 bits per heavy atom. The predicted molar refractivity (Wildman–Crippen MR) is 66.1 cm³/mol. The number of aromatic nitrogens is 1. The number of hydrogen-bond donors (Lipinski definition) is 1. The van der Waals surface area contributed by atoms with Gasteiger partial charge in [-0.1, -0.05) is 12.8 Å². The van der Waals surface area contributed by atoms with E-state index >= 15 is 0 Å². The fourth-order valence-electron chi connectivity index (χ4n) is 1.85. The molecule has 1 aliphatic rings. The van der Waals surface area contributed by atoms with Crippen LogP contribution in [0.1, 0.15) is 31.2 Å². The van der Waals surface area contributed by atoms with Gasteiger partial charge in [-0.2, -0.15) is 0 Å². The molecule has 0 amide bonds. The molecular weight excluding hydrogens is 218 g/mol. The van der Waals surface area contributed by atoms with Gasteiger partial charge in [0.25, 0.3) is 5.69 Å². The Morgan fingerprint density at radius 1 is 1.59 bits per heavy atom. The lowest BCUT2D eigenvalue weighted by Crippen LogP contribution is -2.04. The maximum absolute atomic E-state index is 10.6. The summed E-state index contributed by atoms with van der Waals surface area (Å²) in [6.07, 6.45) is 6.50. The van der Waals surface area contributed by atoms with E-state index in [-0.39, 0.29) is 5.69 Å². The van der Waals surface area contributed by atoms with Crippen LogP contribution in [0.4, 0.5) is 11.5 Å². The molecule has 2 rings (SSSR count). The second kappa shape index (κ2) is 5.12. The molecule has 0 unspecified atom stereocenters. The van der Waals surface area contributed by atoms with Crippen LogP contribution in [-0.2, 0) is 0 Å². The molecule has 1 heterocycles. The highest BCUT2D eigenvalue weighted by Crippen LogP contribution is 2.33. The minimum atomic E-state index is -0.404. The largest absolute Gasteiger partial charge is 0.370 e. The zero-order chi connectivity index (χ0) is 12.3. The molecule has 1 fully saturated rings. The molecule has 0 radical (unpaired) electrons. The highest BCUT2D eigenvalue weighted by Gasteiger charge is 2.20. The van der Waals surface area contributed by atoms with Crippen molar-refractivity contribution < 1.29 is 4.92 Å². The topological polar surface area (TPSA) is 68.1 Å². The molecule has 5 heteroatoms. The summed E-state index contributed by atoms with van der Waals surface area (Å²) in [5, 5.41) is 13.8. The lowest BCUT2D eigenvalue weighted by Gasteiger charge is -2.05. The van der Waals surface area contributed by atoms with E-state index < -0.39 is 4.92 Å². The van der Waals surface area contributed by atoms with Crippen molar-refractivity contribution in [3.63, 3.8) is 0 Å². The first-order valence-electron chi connectivity index (χ1n) is 6.01. The number of nitro groups is 1. The van der Waals surface area contributed by atoms with Gasteiger partial charge in [0.05, 0.1) is 4.92 Å². The Balaban J connectivity index is 1.83. The van der Waals surface area contributed by atoms with Crippen LogP contribution in [0.15, 0.2) is 12.3 Å². The first kappa shape index (κ1) is 11.8. The molecule has 0 saturated heterocycles. The summed E-state index contributed by atoms with van der Waals surface area (Å²) < 4.78 is 0. The first-order chi connectivity index (χ1) is 8.16. The third-order valence-electron chi connectivity index (χ3n) is 3.07. The second-order valence-electron chi connectivity index (χ2n) is 4.63. The summed E-state index contributed by atoms with van der Waals surface area (Å²) in [5.74, 6) is 1.67. The van der Waals surface area contributed by atoms with Crippen LogP contribution in [0.2, 0.25) is 0 Å². The van der Waals surface area contributed by atoms with Crippen LogP contribution in [0, 0.1) is 23.0 Å². The summed E-state index contributed by atoms with van der Waals surface area (Å²) in [6.45, 7) is 2.62. The molecule has 0 aliphatic heterocycles. The molecule has 5 nitrogen and oxygen atoms in total. The van der Waals surface area contributed by atoms with E-state index in [4.69, 9.17) is 0 Å². The number of anilines is 1. The van der Waals surface area contributed by atoms with Gasteiger partial charge >= 0.3 is 0 Å². The van der Waals surface area contributed by atoms with E-state index in [0.717, 1.165) is 24.7 Å². The predicted octanol–water partition coefficient (Wildman–Crippen LogP) is 2.90. The van der Waals surface area contributed by atoms with Crippen molar-refractivity contribution in [2.24, 2.45) is 5.92 Å².